The Hall–Kier alpha value is -1.53. The minimum atomic E-state index is 0.593. The molecule has 0 spiro atoms. The number of nitrogens with one attached hydrogen (secondary N) is 1. The highest BCUT2D eigenvalue weighted by molar-refractivity contribution is 9.10. The number of halogens is 1. The summed E-state index contributed by atoms with van der Waals surface area (Å²) in [4.78, 5) is 8.39. The van der Waals surface area contributed by atoms with Crippen LogP contribution < -0.4 is 5.32 Å². The average Bonchev–Trinajstić information content (AvgIpc) is 3.17. The summed E-state index contributed by atoms with van der Waals surface area (Å²) in [5, 5.41) is 4.87. The Labute approximate surface area is 173 Å². The lowest BCUT2D eigenvalue weighted by Gasteiger charge is -2.32. The van der Waals surface area contributed by atoms with Gasteiger partial charge < -0.3 is 5.32 Å². The number of piperidine rings is 1. The maximum atomic E-state index is 4.61. The molecule has 1 aliphatic rings. The molecule has 0 radical (unpaired) electrons. The van der Waals surface area contributed by atoms with E-state index in [0.29, 0.717) is 6.04 Å². The van der Waals surface area contributed by atoms with E-state index in [1.807, 2.05) is 6.20 Å². The molecule has 140 valence electrons. The van der Waals surface area contributed by atoms with Crippen molar-refractivity contribution in [3.8, 4) is 10.4 Å². The number of likely N-dealkylation sites (tertiary alicyclic amines) is 1. The fourth-order valence-corrected chi connectivity index (χ4v) is 4.80. The molecule has 5 heteroatoms. The highest BCUT2D eigenvalue weighted by Crippen LogP contribution is 2.28. The van der Waals surface area contributed by atoms with Gasteiger partial charge in [0, 0.05) is 29.8 Å². The van der Waals surface area contributed by atoms with Gasteiger partial charge in [0.15, 0.2) is 0 Å². The highest BCUT2D eigenvalue weighted by atomic mass is 79.9. The molecule has 0 atom stereocenters. The fourth-order valence-electron chi connectivity index (χ4n) is 3.54. The summed E-state index contributed by atoms with van der Waals surface area (Å²) in [5.41, 5.74) is 2.63. The monoisotopic (exact) mass is 441 g/mol. The Bertz CT molecular complexity index is 857. The molecule has 0 saturated carbocycles. The minimum Gasteiger partial charge on any atom is -0.308 e. The van der Waals surface area contributed by atoms with Crippen LogP contribution in [-0.2, 0) is 13.1 Å². The second-order valence-electron chi connectivity index (χ2n) is 7.05. The van der Waals surface area contributed by atoms with E-state index >= 15 is 0 Å². The zero-order valence-electron chi connectivity index (χ0n) is 15.3. The number of rotatable bonds is 6. The number of thiazole rings is 1. The van der Waals surface area contributed by atoms with Gasteiger partial charge in [-0.25, -0.2) is 4.98 Å². The molecule has 0 bridgehead atoms. The lowest BCUT2D eigenvalue weighted by molar-refractivity contribution is 0.190. The van der Waals surface area contributed by atoms with Gasteiger partial charge in [0.1, 0.15) is 5.01 Å². The van der Waals surface area contributed by atoms with Gasteiger partial charge in [0.2, 0.25) is 0 Å². The maximum absolute atomic E-state index is 4.61. The zero-order chi connectivity index (χ0) is 18.5. The molecular formula is C22H24BrN3S. The van der Waals surface area contributed by atoms with Gasteiger partial charge in [-0.2, -0.15) is 0 Å². The summed E-state index contributed by atoms with van der Waals surface area (Å²) in [5.74, 6) is 0. The number of nitrogens with zero attached hydrogens (tertiary/aromatic N) is 2. The van der Waals surface area contributed by atoms with Gasteiger partial charge in [-0.1, -0.05) is 58.4 Å². The number of hydrogen-bond acceptors (Lipinski definition) is 4. The van der Waals surface area contributed by atoms with E-state index in [1.54, 1.807) is 11.3 Å². The molecule has 1 fully saturated rings. The first-order valence-electron chi connectivity index (χ1n) is 9.46. The molecule has 3 aromatic rings. The Kier molecular flexibility index (Phi) is 6.35. The molecular weight excluding hydrogens is 418 g/mol. The second kappa shape index (κ2) is 9.11. The third-order valence-electron chi connectivity index (χ3n) is 5.04. The van der Waals surface area contributed by atoms with E-state index in [0.717, 1.165) is 35.7 Å². The van der Waals surface area contributed by atoms with Gasteiger partial charge in [-0.3, -0.25) is 4.90 Å². The van der Waals surface area contributed by atoms with Crippen molar-refractivity contribution in [2.24, 2.45) is 0 Å². The van der Waals surface area contributed by atoms with E-state index in [-0.39, 0.29) is 0 Å². The van der Waals surface area contributed by atoms with Crippen LogP contribution in [0.3, 0.4) is 0 Å². The van der Waals surface area contributed by atoms with Crippen molar-refractivity contribution in [3.05, 3.63) is 75.8 Å². The van der Waals surface area contributed by atoms with Crippen molar-refractivity contribution in [1.29, 1.82) is 0 Å². The predicted octanol–water partition coefficient (Wildman–Crippen LogP) is 5.33. The van der Waals surface area contributed by atoms with Crippen molar-refractivity contribution >= 4 is 27.3 Å². The summed E-state index contributed by atoms with van der Waals surface area (Å²) in [6.45, 7) is 4.25. The first-order valence-corrected chi connectivity index (χ1v) is 11.1. The maximum Gasteiger partial charge on any atom is 0.107 e. The van der Waals surface area contributed by atoms with Crippen LogP contribution in [0.25, 0.3) is 10.4 Å². The summed E-state index contributed by atoms with van der Waals surface area (Å²) < 4.78 is 1.11. The molecule has 1 saturated heterocycles. The van der Waals surface area contributed by atoms with E-state index in [1.165, 1.54) is 28.8 Å². The van der Waals surface area contributed by atoms with Gasteiger partial charge in [0.25, 0.3) is 0 Å². The van der Waals surface area contributed by atoms with Crippen molar-refractivity contribution in [2.45, 2.75) is 32.0 Å². The standard InChI is InChI=1S/C22H24BrN3S/c23-19-8-4-7-18(13-19)21-14-25-22(27-21)15-24-20-9-11-26(12-10-20)16-17-5-2-1-3-6-17/h1-8,13-14,20,24H,9-12,15-16H2. The van der Waals surface area contributed by atoms with Gasteiger partial charge in [-0.15, -0.1) is 11.3 Å². The molecule has 2 aromatic carbocycles. The Morgan fingerprint density at radius 2 is 1.89 bits per heavy atom. The van der Waals surface area contributed by atoms with E-state index < -0.39 is 0 Å². The zero-order valence-corrected chi connectivity index (χ0v) is 17.7. The SMILES string of the molecule is Brc1cccc(-c2cnc(CNC3CCN(Cc4ccccc4)CC3)s2)c1. The highest BCUT2D eigenvalue weighted by Gasteiger charge is 2.19. The van der Waals surface area contributed by atoms with Crippen LogP contribution in [-0.4, -0.2) is 29.0 Å². The van der Waals surface area contributed by atoms with Crippen LogP contribution in [0.5, 0.6) is 0 Å². The quantitative estimate of drug-likeness (QED) is 0.560. The Morgan fingerprint density at radius 1 is 1.07 bits per heavy atom. The van der Waals surface area contributed by atoms with Crippen LogP contribution in [0.4, 0.5) is 0 Å². The molecule has 1 aromatic heterocycles. The largest absolute Gasteiger partial charge is 0.308 e. The Balaban J connectivity index is 1.25. The molecule has 0 unspecified atom stereocenters. The smallest absolute Gasteiger partial charge is 0.107 e. The lowest BCUT2D eigenvalue weighted by Crippen LogP contribution is -2.41. The van der Waals surface area contributed by atoms with Gasteiger partial charge in [0.05, 0.1) is 4.88 Å². The first kappa shape index (κ1) is 18.8. The normalized spacial score (nSPS) is 15.9. The summed E-state index contributed by atoms with van der Waals surface area (Å²) in [6.07, 6.45) is 4.40. The molecule has 1 aliphatic heterocycles. The van der Waals surface area contributed by atoms with Crippen LogP contribution in [0, 0.1) is 0 Å². The Morgan fingerprint density at radius 3 is 2.67 bits per heavy atom. The van der Waals surface area contributed by atoms with Crippen LogP contribution >= 0.6 is 27.3 Å². The predicted molar refractivity (Wildman–Crippen MR) is 117 cm³/mol. The second-order valence-corrected chi connectivity index (χ2v) is 9.08. The van der Waals surface area contributed by atoms with E-state index in [2.05, 4.69) is 85.7 Å². The van der Waals surface area contributed by atoms with Crippen molar-refractivity contribution in [2.75, 3.05) is 13.1 Å². The molecule has 1 N–H and O–H groups in total. The number of hydrogen-bond donors (Lipinski definition) is 1. The molecule has 0 aliphatic carbocycles. The first-order chi connectivity index (χ1) is 13.3. The lowest BCUT2D eigenvalue weighted by atomic mass is 10.0. The van der Waals surface area contributed by atoms with Crippen molar-refractivity contribution < 1.29 is 0 Å². The van der Waals surface area contributed by atoms with Crippen molar-refractivity contribution in [1.82, 2.24) is 15.2 Å². The van der Waals surface area contributed by atoms with E-state index in [9.17, 15) is 0 Å². The molecule has 4 rings (SSSR count). The van der Waals surface area contributed by atoms with Crippen LogP contribution in [0.15, 0.2) is 65.3 Å². The summed E-state index contributed by atoms with van der Waals surface area (Å²) >= 11 is 5.32. The van der Waals surface area contributed by atoms with Gasteiger partial charge in [-0.05, 0) is 49.2 Å². The molecule has 27 heavy (non-hydrogen) atoms. The minimum absolute atomic E-state index is 0.593. The third-order valence-corrected chi connectivity index (χ3v) is 6.58. The fraction of sp³-hybridized carbons (Fsp3) is 0.318. The summed E-state index contributed by atoms with van der Waals surface area (Å²) in [7, 11) is 0. The summed E-state index contributed by atoms with van der Waals surface area (Å²) in [6, 6.07) is 19.8. The number of benzene rings is 2. The average molecular weight is 442 g/mol. The van der Waals surface area contributed by atoms with Crippen LogP contribution in [0.2, 0.25) is 0 Å². The third kappa shape index (κ3) is 5.26. The van der Waals surface area contributed by atoms with Crippen molar-refractivity contribution in [3.63, 3.8) is 0 Å². The topological polar surface area (TPSA) is 28.2 Å². The van der Waals surface area contributed by atoms with E-state index in [4.69, 9.17) is 0 Å². The molecule has 3 nitrogen and oxygen atoms in total. The number of aromatic nitrogens is 1. The molecule has 0 amide bonds. The van der Waals surface area contributed by atoms with Gasteiger partial charge >= 0.3 is 0 Å². The molecule has 2 heterocycles. The van der Waals surface area contributed by atoms with Crippen LogP contribution in [0.1, 0.15) is 23.4 Å².